The Kier molecular flexibility index (Phi) is 6.11. The van der Waals surface area contributed by atoms with Gasteiger partial charge in [-0.1, -0.05) is 25.0 Å². The van der Waals surface area contributed by atoms with E-state index in [1.54, 1.807) is 18.3 Å². The average Bonchev–Trinajstić information content (AvgIpc) is 2.68. The van der Waals surface area contributed by atoms with Crippen LogP contribution in [0.25, 0.3) is 11.3 Å². The molecule has 0 amide bonds. The number of hydrogen-bond acceptors (Lipinski definition) is 3. The van der Waals surface area contributed by atoms with E-state index in [0.717, 1.165) is 18.6 Å². The van der Waals surface area contributed by atoms with Crippen LogP contribution in [0.5, 0.6) is 0 Å². The van der Waals surface area contributed by atoms with Crippen LogP contribution in [0.3, 0.4) is 0 Å². The Hall–Kier alpha value is -2.55. The minimum atomic E-state index is -0.896. The SMILES string of the molecule is CC/C=C/C1COC(C#Cc2ccc(-c3ccc(F)c(F)c3)nc2)OC1. The third kappa shape index (κ3) is 4.75. The Morgan fingerprint density at radius 3 is 2.62 bits per heavy atom. The van der Waals surface area contributed by atoms with Gasteiger partial charge in [-0.2, -0.15) is 0 Å². The highest BCUT2D eigenvalue weighted by atomic mass is 19.2. The first kappa shape index (κ1) is 18.2. The molecule has 0 unspecified atom stereocenters. The van der Waals surface area contributed by atoms with Crippen LogP contribution in [0.4, 0.5) is 8.78 Å². The molecule has 2 heterocycles. The van der Waals surface area contributed by atoms with Gasteiger partial charge in [0.25, 0.3) is 0 Å². The third-order valence-electron chi connectivity index (χ3n) is 3.88. The Balaban J connectivity index is 1.61. The summed E-state index contributed by atoms with van der Waals surface area (Å²) >= 11 is 0. The average molecular weight is 355 g/mol. The number of ether oxygens (including phenoxy) is 2. The summed E-state index contributed by atoms with van der Waals surface area (Å²) in [4.78, 5) is 4.25. The van der Waals surface area contributed by atoms with E-state index >= 15 is 0 Å². The highest BCUT2D eigenvalue weighted by Gasteiger charge is 2.18. The molecule has 0 bridgehead atoms. The lowest BCUT2D eigenvalue weighted by atomic mass is 10.1. The van der Waals surface area contributed by atoms with E-state index in [2.05, 4.69) is 35.9 Å². The fraction of sp³-hybridized carbons (Fsp3) is 0.286. The van der Waals surface area contributed by atoms with E-state index in [4.69, 9.17) is 9.47 Å². The molecule has 0 N–H and O–H groups in total. The molecule has 0 aliphatic carbocycles. The number of halogens is 2. The number of pyridine rings is 1. The van der Waals surface area contributed by atoms with Crippen LogP contribution in [0.2, 0.25) is 0 Å². The molecule has 5 heteroatoms. The molecule has 3 nitrogen and oxygen atoms in total. The first-order valence-electron chi connectivity index (χ1n) is 8.48. The Labute approximate surface area is 151 Å². The monoisotopic (exact) mass is 355 g/mol. The molecule has 1 aromatic heterocycles. The summed E-state index contributed by atoms with van der Waals surface area (Å²) in [6, 6.07) is 7.17. The molecular weight excluding hydrogens is 336 g/mol. The fourth-order valence-electron chi connectivity index (χ4n) is 2.48. The molecule has 2 aromatic rings. The summed E-state index contributed by atoms with van der Waals surface area (Å²) in [5.74, 6) is 4.37. The Bertz CT molecular complexity index is 829. The minimum absolute atomic E-state index is 0.269. The molecule has 1 aliphatic rings. The van der Waals surface area contributed by atoms with Crippen molar-refractivity contribution in [3.8, 4) is 23.1 Å². The normalized spacial score (nSPS) is 20.0. The van der Waals surface area contributed by atoms with Crippen molar-refractivity contribution < 1.29 is 18.3 Å². The van der Waals surface area contributed by atoms with Gasteiger partial charge < -0.3 is 9.47 Å². The number of allylic oxidation sites excluding steroid dienone is 1. The second kappa shape index (κ2) is 8.70. The van der Waals surface area contributed by atoms with E-state index in [9.17, 15) is 8.78 Å². The molecule has 1 aromatic carbocycles. The van der Waals surface area contributed by atoms with Crippen LogP contribution < -0.4 is 0 Å². The van der Waals surface area contributed by atoms with Crippen LogP contribution in [0, 0.1) is 29.4 Å². The van der Waals surface area contributed by atoms with Gasteiger partial charge >= 0.3 is 0 Å². The molecule has 0 atom stereocenters. The lowest BCUT2D eigenvalue weighted by molar-refractivity contribution is -0.160. The maximum absolute atomic E-state index is 13.3. The zero-order valence-electron chi connectivity index (χ0n) is 14.4. The standard InChI is InChI=1S/C21H19F2NO2/c1-2-3-4-16-13-25-21(26-14-16)10-6-15-5-9-20(24-12-15)17-7-8-18(22)19(23)11-17/h3-5,7-9,11-12,16,21H,2,13-14H2,1H3/b4-3+. The molecule has 1 aliphatic heterocycles. The third-order valence-corrected chi connectivity index (χ3v) is 3.88. The van der Waals surface area contributed by atoms with Crippen molar-refractivity contribution >= 4 is 0 Å². The van der Waals surface area contributed by atoms with Crippen molar-refractivity contribution in [1.82, 2.24) is 4.98 Å². The molecular formula is C21H19F2NO2. The number of nitrogens with zero attached hydrogens (tertiary/aromatic N) is 1. The largest absolute Gasteiger partial charge is 0.341 e. The molecule has 3 rings (SSSR count). The topological polar surface area (TPSA) is 31.4 Å². The first-order chi connectivity index (χ1) is 12.7. The van der Waals surface area contributed by atoms with Gasteiger partial charge in [0.1, 0.15) is 0 Å². The first-order valence-corrected chi connectivity index (χ1v) is 8.48. The van der Waals surface area contributed by atoms with E-state index in [1.165, 1.54) is 6.07 Å². The second-order valence-corrected chi connectivity index (χ2v) is 5.93. The minimum Gasteiger partial charge on any atom is -0.341 e. The summed E-state index contributed by atoms with van der Waals surface area (Å²) in [7, 11) is 0. The van der Waals surface area contributed by atoms with Gasteiger partial charge in [-0.3, -0.25) is 4.98 Å². The van der Waals surface area contributed by atoms with Gasteiger partial charge in [0, 0.05) is 23.2 Å². The molecule has 26 heavy (non-hydrogen) atoms. The fourth-order valence-corrected chi connectivity index (χ4v) is 2.48. The van der Waals surface area contributed by atoms with Crippen LogP contribution in [0.1, 0.15) is 18.9 Å². The molecule has 0 radical (unpaired) electrons. The quantitative estimate of drug-likeness (QED) is 0.606. The van der Waals surface area contributed by atoms with Gasteiger partial charge in [-0.15, -0.1) is 0 Å². The van der Waals surface area contributed by atoms with Gasteiger partial charge in [0.05, 0.1) is 18.9 Å². The predicted octanol–water partition coefficient (Wildman–Crippen LogP) is 4.33. The molecule has 1 saturated heterocycles. The van der Waals surface area contributed by atoms with E-state index in [0.29, 0.717) is 30.0 Å². The summed E-state index contributed by atoms with van der Waals surface area (Å²) in [5.41, 5.74) is 1.75. The smallest absolute Gasteiger partial charge is 0.222 e. The summed E-state index contributed by atoms with van der Waals surface area (Å²) in [6.07, 6.45) is 6.23. The molecule has 0 saturated carbocycles. The molecule has 0 spiro atoms. The number of hydrogen-bond donors (Lipinski definition) is 0. The summed E-state index contributed by atoms with van der Waals surface area (Å²) in [5, 5.41) is 0. The van der Waals surface area contributed by atoms with E-state index in [-0.39, 0.29) is 5.92 Å². The van der Waals surface area contributed by atoms with Crippen molar-refractivity contribution in [2.24, 2.45) is 5.92 Å². The van der Waals surface area contributed by atoms with Gasteiger partial charge in [0.15, 0.2) is 11.6 Å². The maximum atomic E-state index is 13.3. The summed E-state index contributed by atoms with van der Waals surface area (Å²) in [6.45, 7) is 3.26. The Morgan fingerprint density at radius 1 is 1.15 bits per heavy atom. The van der Waals surface area contributed by atoms with Crippen LogP contribution in [-0.4, -0.2) is 24.5 Å². The van der Waals surface area contributed by atoms with Crippen molar-refractivity contribution in [1.29, 1.82) is 0 Å². The summed E-state index contributed by atoms with van der Waals surface area (Å²) < 4.78 is 37.5. The van der Waals surface area contributed by atoms with E-state index in [1.807, 2.05) is 0 Å². The van der Waals surface area contributed by atoms with Crippen molar-refractivity contribution in [3.63, 3.8) is 0 Å². The predicted molar refractivity (Wildman–Crippen MR) is 95.1 cm³/mol. The number of rotatable bonds is 3. The second-order valence-electron chi connectivity index (χ2n) is 5.93. The highest BCUT2D eigenvalue weighted by Crippen LogP contribution is 2.19. The zero-order valence-corrected chi connectivity index (χ0v) is 14.4. The van der Waals surface area contributed by atoms with Gasteiger partial charge in [0.2, 0.25) is 6.29 Å². The maximum Gasteiger partial charge on any atom is 0.222 e. The number of aromatic nitrogens is 1. The zero-order chi connectivity index (χ0) is 18.4. The van der Waals surface area contributed by atoms with Crippen molar-refractivity contribution in [2.75, 3.05) is 13.2 Å². The van der Waals surface area contributed by atoms with Crippen LogP contribution in [-0.2, 0) is 9.47 Å². The lowest BCUT2D eigenvalue weighted by Gasteiger charge is -2.24. The van der Waals surface area contributed by atoms with Crippen molar-refractivity contribution in [3.05, 3.63) is 65.9 Å². The lowest BCUT2D eigenvalue weighted by Crippen LogP contribution is -2.30. The van der Waals surface area contributed by atoms with Crippen LogP contribution >= 0.6 is 0 Å². The van der Waals surface area contributed by atoms with E-state index < -0.39 is 17.9 Å². The molecule has 1 fully saturated rings. The van der Waals surface area contributed by atoms with Gasteiger partial charge in [-0.05, 0) is 42.7 Å². The van der Waals surface area contributed by atoms with Crippen LogP contribution in [0.15, 0.2) is 48.7 Å². The Morgan fingerprint density at radius 2 is 1.96 bits per heavy atom. The highest BCUT2D eigenvalue weighted by molar-refractivity contribution is 5.59. The van der Waals surface area contributed by atoms with Gasteiger partial charge in [-0.25, -0.2) is 8.78 Å². The number of benzene rings is 1. The molecule has 134 valence electrons. The van der Waals surface area contributed by atoms with Crippen molar-refractivity contribution in [2.45, 2.75) is 19.6 Å².